The number of anilines is 1. The molecule has 3 fully saturated rings. The van der Waals surface area contributed by atoms with Crippen LogP contribution in [0, 0.1) is 11.3 Å². The molecular formula is C42H59N6O8PS. The summed E-state index contributed by atoms with van der Waals surface area (Å²) in [6, 6.07) is 5.34. The zero-order chi connectivity index (χ0) is 42.0. The number of rotatable bonds is 16. The first-order chi connectivity index (χ1) is 27.5. The monoisotopic (exact) mass is 838 g/mol. The van der Waals surface area contributed by atoms with Crippen LogP contribution in [0.5, 0.6) is 11.5 Å². The fourth-order valence-corrected chi connectivity index (χ4v) is 11.4. The van der Waals surface area contributed by atoms with Crippen LogP contribution in [-0.4, -0.2) is 93.1 Å². The highest BCUT2D eigenvalue weighted by molar-refractivity contribution is 7.60. The minimum absolute atomic E-state index is 0.00181. The van der Waals surface area contributed by atoms with Gasteiger partial charge in [-0.1, -0.05) is 40.2 Å². The van der Waals surface area contributed by atoms with Crippen LogP contribution in [-0.2, 0) is 18.9 Å². The van der Waals surface area contributed by atoms with Crippen LogP contribution in [0.15, 0.2) is 42.3 Å². The molecule has 0 radical (unpaired) electrons. The second-order valence-electron chi connectivity index (χ2n) is 17.2. The molecule has 2 aromatic heterocycles. The third-order valence-electron chi connectivity index (χ3n) is 11.3. The van der Waals surface area contributed by atoms with Crippen molar-refractivity contribution in [1.29, 1.82) is 0 Å². The number of fused-ring (bicyclic) bond motifs is 1. The van der Waals surface area contributed by atoms with Gasteiger partial charge in [-0.05, 0) is 69.9 Å². The SMILES string of the molecule is C=C[C@@H]1C[C@]1(NC(=O)[C@@H]1C[C@@H](Oc2cc(-c3csc(NC(C)C)n3)nc3cc(OC)ccc23)CN1C(=O)[C@@H](NC(=O)OC1CCCC1)C(C)(C)C)P(=O)(O)CCCC. The summed E-state index contributed by atoms with van der Waals surface area (Å²) >= 11 is 1.47. The van der Waals surface area contributed by atoms with E-state index in [1.165, 1.54) is 16.2 Å². The van der Waals surface area contributed by atoms with Crippen molar-refractivity contribution < 1.29 is 38.1 Å². The maximum Gasteiger partial charge on any atom is 0.408 e. The molecule has 3 amide bonds. The van der Waals surface area contributed by atoms with Crippen molar-refractivity contribution in [3.63, 3.8) is 0 Å². The lowest BCUT2D eigenvalue weighted by atomic mass is 9.85. The summed E-state index contributed by atoms with van der Waals surface area (Å²) in [7, 11) is -2.29. The topological polar surface area (TPSA) is 181 Å². The van der Waals surface area contributed by atoms with Gasteiger partial charge in [0.05, 0.1) is 24.9 Å². The number of benzene rings is 1. The zero-order valence-electron chi connectivity index (χ0n) is 34.7. The van der Waals surface area contributed by atoms with Crippen molar-refractivity contribution in [3.8, 4) is 22.9 Å². The summed E-state index contributed by atoms with van der Waals surface area (Å²) in [5.74, 6) is -0.354. The first-order valence-corrected chi connectivity index (χ1v) is 23.1. The van der Waals surface area contributed by atoms with E-state index >= 15 is 0 Å². The Kier molecular flexibility index (Phi) is 13.1. The third kappa shape index (κ3) is 9.47. The summed E-state index contributed by atoms with van der Waals surface area (Å²) in [5.41, 5.74) is 1.05. The number of thiazole rings is 1. The van der Waals surface area contributed by atoms with Crippen LogP contribution in [0.1, 0.15) is 92.9 Å². The highest BCUT2D eigenvalue weighted by Crippen LogP contribution is 2.69. The number of ether oxygens (including phenoxy) is 3. The van der Waals surface area contributed by atoms with E-state index < -0.39 is 60.1 Å². The van der Waals surface area contributed by atoms with Crippen molar-refractivity contribution >= 4 is 52.6 Å². The van der Waals surface area contributed by atoms with Gasteiger partial charge in [0, 0.05) is 47.4 Å². The molecule has 2 aliphatic carbocycles. The molecule has 6 atom stereocenters. The van der Waals surface area contributed by atoms with Crippen molar-refractivity contribution in [1.82, 2.24) is 25.5 Å². The molecule has 316 valence electrons. The molecule has 3 heterocycles. The molecule has 1 aliphatic heterocycles. The number of nitrogens with one attached hydrogen (secondary N) is 3. The van der Waals surface area contributed by atoms with Crippen LogP contribution >= 0.6 is 18.7 Å². The number of pyridine rings is 1. The second-order valence-corrected chi connectivity index (χ2v) is 20.7. The summed E-state index contributed by atoms with van der Waals surface area (Å²) in [4.78, 5) is 65.0. The number of methoxy groups -OCH3 is 1. The fraction of sp³-hybridized carbons (Fsp3) is 0.595. The van der Waals surface area contributed by atoms with Crippen molar-refractivity contribution in [3.05, 3.63) is 42.3 Å². The highest BCUT2D eigenvalue weighted by Gasteiger charge is 2.65. The normalized spacial score (nSPS) is 23.6. The number of hydrogen-bond donors (Lipinski definition) is 4. The Morgan fingerprint density at radius 2 is 1.88 bits per heavy atom. The predicted octanol–water partition coefficient (Wildman–Crippen LogP) is 7.71. The van der Waals surface area contributed by atoms with Gasteiger partial charge < -0.3 is 40.0 Å². The Balaban J connectivity index is 1.34. The summed E-state index contributed by atoms with van der Waals surface area (Å²) in [6.07, 6.45) is 5.17. The summed E-state index contributed by atoms with van der Waals surface area (Å²) in [6.45, 7) is 15.4. The van der Waals surface area contributed by atoms with Gasteiger partial charge in [0.1, 0.15) is 46.8 Å². The quantitative estimate of drug-likeness (QED) is 0.0820. The molecule has 4 N–H and O–H groups in total. The average Bonchev–Trinajstić information content (AvgIpc) is 3.57. The number of unbranched alkanes of at least 4 members (excludes halogenated alkanes) is 1. The first kappa shape index (κ1) is 43.4. The Bertz CT molecular complexity index is 2050. The zero-order valence-corrected chi connectivity index (χ0v) is 36.4. The Hall–Kier alpha value is -4.20. The van der Waals surface area contributed by atoms with Crippen LogP contribution in [0.3, 0.4) is 0 Å². The molecule has 0 spiro atoms. The van der Waals surface area contributed by atoms with E-state index in [1.807, 2.05) is 71.2 Å². The van der Waals surface area contributed by atoms with E-state index in [-0.39, 0.29) is 37.7 Å². The van der Waals surface area contributed by atoms with E-state index in [0.717, 1.165) is 37.2 Å². The number of likely N-dealkylation sites (tertiary alicyclic amines) is 1. The summed E-state index contributed by atoms with van der Waals surface area (Å²) in [5, 5.41) is 11.1. The molecule has 1 aromatic carbocycles. The van der Waals surface area contributed by atoms with Crippen LogP contribution in [0.2, 0.25) is 0 Å². The number of carbonyl (C=O) groups excluding carboxylic acids is 3. The highest BCUT2D eigenvalue weighted by atomic mass is 32.1. The molecule has 0 bridgehead atoms. The standard InChI is InChI=1S/C42H59N6O8PS/c1-9-11-18-57(52,53)42(22-26(42)10-2)47-37(49)34-20-29(23-48(34)38(50)36(41(5,6)7)46-40(51)56-27-14-12-13-15-27)55-35-21-32(33-24-58-39(45-33)43-25(3)4)44-31-19-28(54-8)16-17-30(31)35/h10,16-17,19,21,24-27,29,34,36H,2,9,11-15,18,20,22-23H2,1,3-8H3,(H,43,45)(H,46,51)(H,47,49)(H,52,53)/t26-,29-,34+,36-,42+/m1/s1. The number of nitrogens with zero attached hydrogens (tertiary/aromatic N) is 3. The van der Waals surface area contributed by atoms with Crippen molar-refractivity contribution in [2.24, 2.45) is 11.3 Å². The minimum atomic E-state index is -3.87. The van der Waals surface area contributed by atoms with Gasteiger partial charge in [0.2, 0.25) is 19.2 Å². The number of aromatic nitrogens is 2. The van der Waals surface area contributed by atoms with Crippen LogP contribution in [0.25, 0.3) is 22.3 Å². The van der Waals surface area contributed by atoms with E-state index in [9.17, 15) is 23.8 Å². The molecule has 14 nitrogen and oxygen atoms in total. The molecule has 16 heteroatoms. The van der Waals surface area contributed by atoms with E-state index in [4.69, 9.17) is 24.2 Å². The van der Waals surface area contributed by atoms with Gasteiger partial charge >= 0.3 is 6.09 Å². The number of hydrogen-bond acceptors (Lipinski definition) is 11. The molecule has 3 aromatic rings. The van der Waals surface area contributed by atoms with E-state index in [1.54, 1.807) is 13.2 Å². The lowest BCUT2D eigenvalue weighted by Gasteiger charge is -2.36. The van der Waals surface area contributed by atoms with Crippen LogP contribution in [0.4, 0.5) is 9.93 Å². The van der Waals surface area contributed by atoms with Gasteiger partial charge in [-0.3, -0.25) is 14.2 Å². The Morgan fingerprint density at radius 1 is 1.14 bits per heavy atom. The van der Waals surface area contributed by atoms with E-state index in [2.05, 4.69) is 22.5 Å². The Labute approximate surface area is 345 Å². The summed E-state index contributed by atoms with van der Waals surface area (Å²) < 4.78 is 31.9. The molecular weight excluding hydrogens is 780 g/mol. The van der Waals surface area contributed by atoms with Gasteiger partial charge in [-0.15, -0.1) is 17.9 Å². The largest absolute Gasteiger partial charge is 0.497 e. The lowest BCUT2D eigenvalue weighted by Crippen LogP contribution is -2.58. The number of amides is 3. The Morgan fingerprint density at radius 3 is 2.52 bits per heavy atom. The maximum absolute atomic E-state index is 14.8. The molecule has 2 saturated carbocycles. The van der Waals surface area contributed by atoms with Gasteiger partial charge in [-0.2, -0.15) is 0 Å². The number of alkyl carbamates (subject to hydrolysis) is 1. The first-order valence-electron chi connectivity index (χ1n) is 20.4. The van der Waals surface area contributed by atoms with Crippen molar-refractivity contribution in [2.45, 2.75) is 129 Å². The second kappa shape index (κ2) is 17.6. The molecule has 58 heavy (non-hydrogen) atoms. The minimum Gasteiger partial charge on any atom is -0.497 e. The van der Waals surface area contributed by atoms with Gasteiger partial charge in [-0.25, -0.2) is 14.8 Å². The van der Waals surface area contributed by atoms with Crippen LogP contribution < -0.4 is 25.4 Å². The van der Waals surface area contributed by atoms with Gasteiger partial charge in [0.25, 0.3) is 0 Å². The van der Waals surface area contributed by atoms with E-state index in [0.29, 0.717) is 40.2 Å². The van der Waals surface area contributed by atoms with Gasteiger partial charge in [0.15, 0.2) is 5.13 Å². The smallest absolute Gasteiger partial charge is 0.408 e. The molecule has 6 rings (SSSR count). The molecule has 1 unspecified atom stereocenters. The fourth-order valence-electron chi connectivity index (χ4n) is 7.97. The molecule has 1 saturated heterocycles. The predicted molar refractivity (Wildman–Crippen MR) is 227 cm³/mol. The molecule has 3 aliphatic rings. The van der Waals surface area contributed by atoms with Crippen molar-refractivity contribution in [2.75, 3.05) is 25.1 Å². The average molecular weight is 839 g/mol. The number of carbonyl (C=O) groups is 3. The lowest BCUT2D eigenvalue weighted by molar-refractivity contribution is -0.142. The maximum atomic E-state index is 14.8. The third-order valence-corrected chi connectivity index (χ3v) is 14.9.